The van der Waals surface area contributed by atoms with Crippen LogP contribution in [-0.4, -0.2) is 46.4 Å². The highest BCUT2D eigenvalue weighted by molar-refractivity contribution is 5.42. The molecule has 0 aliphatic heterocycles. The van der Waals surface area contributed by atoms with E-state index in [-0.39, 0.29) is 0 Å². The predicted octanol–water partition coefficient (Wildman–Crippen LogP) is 3.07. The van der Waals surface area contributed by atoms with Gasteiger partial charge in [-0.1, -0.05) is 12.1 Å². The van der Waals surface area contributed by atoms with Crippen molar-refractivity contribution in [1.82, 2.24) is 4.90 Å². The molecule has 0 aromatic heterocycles. The Kier molecular flexibility index (Phi) is 8.23. The molecule has 2 rings (SSSR count). The van der Waals surface area contributed by atoms with Gasteiger partial charge in [-0.25, -0.2) is 0 Å². The van der Waals surface area contributed by atoms with Crippen LogP contribution in [0.4, 0.5) is 0 Å². The summed E-state index contributed by atoms with van der Waals surface area (Å²) in [5.41, 5.74) is 7.94. The lowest BCUT2D eigenvalue weighted by Gasteiger charge is -2.24. The van der Waals surface area contributed by atoms with Crippen molar-refractivity contribution >= 4 is 0 Å². The van der Waals surface area contributed by atoms with E-state index < -0.39 is 0 Å². The Morgan fingerprint density at radius 1 is 0.741 bits per heavy atom. The summed E-state index contributed by atoms with van der Waals surface area (Å²) in [7, 11) is 6.65. The van der Waals surface area contributed by atoms with Crippen LogP contribution in [0.25, 0.3) is 0 Å². The molecular weight excluding hydrogens is 344 g/mol. The number of rotatable bonds is 11. The summed E-state index contributed by atoms with van der Waals surface area (Å²) in [5.74, 6) is 3.18. The quantitative estimate of drug-likeness (QED) is 0.652. The fraction of sp³-hybridized carbons (Fsp3) is 0.429. The summed E-state index contributed by atoms with van der Waals surface area (Å²) in [6.07, 6.45) is 0.914. The van der Waals surface area contributed by atoms with Crippen LogP contribution in [0.15, 0.2) is 36.4 Å². The molecule has 0 aliphatic rings. The van der Waals surface area contributed by atoms with E-state index in [1.807, 2.05) is 36.4 Å². The molecule has 0 saturated heterocycles. The van der Waals surface area contributed by atoms with E-state index in [2.05, 4.69) is 4.90 Å². The van der Waals surface area contributed by atoms with Crippen LogP contribution in [0.1, 0.15) is 17.5 Å². The third-order valence-corrected chi connectivity index (χ3v) is 4.45. The van der Waals surface area contributed by atoms with Gasteiger partial charge in [0.2, 0.25) is 0 Å². The highest BCUT2D eigenvalue weighted by Crippen LogP contribution is 2.29. The zero-order valence-electron chi connectivity index (χ0n) is 16.7. The predicted molar refractivity (Wildman–Crippen MR) is 107 cm³/mol. The average Bonchev–Trinajstić information content (AvgIpc) is 2.72. The molecule has 0 heterocycles. The number of methoxy groups -OCH3 is 4. The van der Waals surface area contributed by atoms with Gasteiger partial charge >= 0.3 is 0 Å². The van der Waals surface area contributed by atoms with Crippen molar-refractivity contribution in [2.24, 2.45) is 5.73 Å². The fourth-order valence-electron chi connectivity index (χ4n) is 2.98. The van der Waals surface area contributed by atoms with Crippen molar-refractivity contribution in [3.05, 3.63) is 47.5 Å². The summed E-state index contributed by atoms with van der Waals surface area (Å²) in [4.78, 5) is 2.33. The molecular formula is C21H30N2O4. The molecule has 6 heteroatoms. The lowest BCUT2D eigenvalue weighted by molar-refractivity contribution is 0.246. The second-order valence-corrected chi connectivity index (χ2v) is 6.21. The van der Waals surface area contributed by atoms with Crippen LogP contribution in [0.2, 0.25) is 0 Å². The minimum Gasteiger partial charge on any atom is -0.497 e. The first kappa shape index (κ1) is 20.9. The molecule has 0 unspecified atom stereocenters. The van der Waals surface area contributed by atoms with Gasteiger partial charge in [-0.05, 0) is 25.1 Å². The lowest BCUT2D eigenvalue weighted by atomic mass is 10.1. The Labute approximate surface area is 161 Å². The summed E-state index contributed by atoms with van der Waals surface area (Å²) < 4.78 is 21.7. The first-order chi connectivity index (χ1) is 13.1. The van der Waals surface area contributed by atoms with Gasteiger partial charge in [0.05, 0.1) is 28.4 Å². The highest BCUT2D eigenvalue weighted by atomic mass is 16.5. The van der Waals surface area contributed by atoms with E-state index in [9.17, 15) is 0 Å². The first-order valence-corrected chi connectivity index (χ1v) is 8.99. The maximum atomic E-state index is 5.74. The summed E-state index contributed by atoms with van der Waals surface area (Å²) >= 11 is 0. The molecule has 0 fully saturated rings. The molecule has 0 spiro atoms. The zero-order valence-corrected chi connectivity index (χ0v) is 16.7. The standard InChI is InChI=1S/C21H30N2O4/c1-24-18-8-6-16(20(12-18)26-3)14-23(11-5-10-22)15-17-7-9-19(25-2)13-21(17)27-4/h6-9,12-13H,5,10-11,14-15,22H2,1-4H3. The molecule has 0 atom stereocenters. The number of nitrogens with zero attached hydrogens (tertiary/aromatic N) is 1. The summed E-state index contributed by atoms with van der Waals surface area (Å²) in [5, 5.41) is 0. The van der Waals surface area contributed by atoms with Crippen molar-refractivity contribution < 1.29 is 18.9 Å². The van der Waals surface area contributed by atoms with E-state index in [1.165, 1.54) is 0 Å². The largest absolute Gasteiger partial charge is 0.497 e. The molecule has 0 saturated carbocycles. The van der Waals surface area contributed by atoms with Crippen molar-refractivity contribution in [3.63, 3.8) is 0 Å². The fourth-order valence-corrected chi connectivity index (χ4v) is 2.98. The topological polar surface area (TPSA) is 66.2 Å². The van der Waals surface area contributed by atoms with E-state index in [4.69, 9.17) is 24.7 Å². The lowest BCUT2D eigenvalue weighted by Crippen LogP contribution is -2.26. The maximum absolute atomic E-state index is 5.74. The van der Waals surface area contributed by atoms with Gasteiger partial charge in [0, 0.05) is 42.9 Å². The van der Waals surface area contributed by atoms with Crippen LogP contribution in [0.5, 0.6) is 23.0 Å². The molecule has 27 heavy (non-hydrogen) atoms. The van der Waals surface area contributed by atoms with Gasteiger partial charge in [0.1, 0.15) is 23.0 Å². The van der Waals surface area contributed by atoms with E-state index in [0.717, 1.165) is 60.2 Å². The molecule has 0 bridgehead atoms. The van der Waals surface area contributed by atoms with E-state index in [0.29, 0.717) is 6.54 Å². The second kappa shape index (κ2) is 10.6. The number of benzene rings is 2. The number of hydrogen-bond acceptors (Lipinski definition) is 6. The Hall–Kier alpha value is -2.44. The minimum atomic E-state index is 0.649. The normalized spacial score (nSPS) is 10.7. The molecule has 0 radical (unpaired) electrons. The van der Waals surface area contributed by atoms with Gasteiger partial charge in [0.15, 0.2) is 0 Å². The molecule has 6 nitrogen and oxygen atoms in total. The summed E-state index contributed by atoms with van der Waals surface area (Å²) in [6, 6.07) is 11.8. The number of nitrogens with two attached hydrogens (primary N) is 1. The highest BCUT2D eigenvalue weighted by Gasteiger charge is 2.14. The van der Waals surface area contributed by atoms with Crippen LogP contribution in [0.3, 0.4) is 0 Å². The summed E-state index contributed by atoms with van der Waals surface area (Å²) in [6.45, 7) is 3.00. The average molecular weight is 374 g/mol. The molecule has 148 valence electrons. The Morgan fingerprint density at radius 2 is 1.22 bits per heavy atom. The van der Waals surface area contributed by atoms with E-state index in [1.54, 1.807) is 28.4 Å². The van der Waals surface area contributed by atoms with E-state index >= 15 is 0 Å². The molecule has 2 aromatic carbocycles. The zero-order chi connectivity index (χ0) is 19.6. The Bertz CT molecular complexity index is 664. The van der Waals surface area contributed by atoms with Crippen LogP contribution in [0, 0.1) is 0 Å². The van der Waals surface area contributed by atoms with Gasteiger partial charge in [-0.15, -0.1) is 0 Å². The van der Waals surface area contributed by atoms with Gasteiger partial charge in [-0.3, -0.25) is 4.90 Å². The third-order valence-electron chi connectivity index (χ3n) is 4.45. The molecule has 2 aromatic rings. The minimum absolute atomic E-state index is 0.649. The van der Waals surface area contributed by atoms with Crippen molar-refractivity contribution in [1.29, 1.82) is 0 Å². The molecule has 2 N–H and O–H groups in total. The molecule has 0 amide bonds. The Morgan fingerprint density at radius 3 is 1.59 bits per heavy atom. The second-order valence-electron chi connectivity index (χ2n) is 6.21. The van der Waals surface area contributed by atoms with Crippen LogP contribution >= 0.6 is 0 Å². The monoisotopic (exact) mass is 374 g/mol. The smallest absolute Gasteiger partial charge is 0.127 e. The van der Waals surface area contributed by atoms with Gasteiger partial charge < -0.3 is 24.7 Å². The van der Waals surface area contributed by atoms with Crippen molar-refractivity contribution in [2.45, 2.75) is 19.5 Å². The maximum Gasteiger partial charge on any atom is 0.127 e. The SMILES string of the molecule is COc1ccc(CN(CCCN)Cc2ccc(OC)cc2OC)c(OC)c1. The Balaban J connectivity index is 2.23. The third kappa shape index (κ3) is 5.77. The van der Waals surface area contributed by atoms with Gasteiger partial charge in [-0.2, -0.15) is 0 Å². The van der Waals surface area contributed by atoms with Crippen molar-refractivity contribution in [2.75, 3.05) is 41.5 Å². The van der Waals surface area contributed by atoms with Crippen molar-refractivity contribution in [3.8, 4) is 23.0 Å². The molecule has 0 aliphatic carbocycles. The number of hydrogen-bond donors (Lipinski definition) is 1. The number of ether oxygens (including phenoxy) is 4. The van der Waals surface area contributed by atoms with Crippen LogP contribution in [-0.2, 0) is 13.1 Å². The van der Waals surface area contributed by atoms with Gasteiger partial charge in [0.25, 0.3) is 0 Å². The first-order valence-electron chi connectivity index (χ1n) is 8.99. The van der Waals surface area contributed by atoms with Crippen LogP contribution < -0.4 is 24.7 Å².